The van der Waals surface area contributed by atoms with Crippen LogP contribution in [0.5, 0.6) is 0 Å². The number of nitrogens with one attached hydrogen (secondary N) is 1. The number of hydrogen-bond donors (Lipinski definition) is 3. The largest absolute Gasteiger partial charge is 0.393 e. The first-order valence-corrected chi connectivity index (χ1v) is 4.93. The van der Waals surface area contributed by atoms with Gasteiger partial charge in [-0.15, -0.1) is 0 Å². The summed E-state index contributed by atoms with van der Waals surface area (Å²) in [5.41, 5.74) is 1.57. The molecule has 3 N–H and O–H groups in total. The molecule has 2 heterocycles. The summed E-state index contributed by atoms with van der Waals surface area (Å²) in [7, 11) is 1.83. The van der Waals surface area contributed by atoms with Crippen LogP contribution < -0.4 is 0 Å². The van der Waals surface area contributed by atoms with E-state index >= 15 is 0 Å². The van der Waals surface area contributed by atoms with Gasteiger partial charge in [0, 0.05) is 11.5 Å². The van der Waals surface area contributed by atoms with Crippen LogP contribution in [0.1, 0.15) is 11.5 Å². The Morgan fingerprint density at radius 1 is 1.40 bits per heavy atom. The molecule has 1 aliphatic rings. The summed E-state index contributed by atoms with van der Waals surface area (Å²) in [6.45, 7) is 0. The first-order chi connectivity index (χ1) is 7.20. The highest BCUT2D eigenvalue weighted by molar-refractivity contribution is 6.13. The van der Waals surface area contributed by atoms with Crippen molar-refractivity contribution in [3.63, 3.8) is 0 Å². The number of aliphatic hydroxyl groups is 2. The summed E-state index contributed by atoms with van der Waals surface area (Å²) in [5.74, 6) is -0.328. The molecular formula is C8H11BN4O2. The van der Waals surface area contributed by atoms with Crippen molar-refractivity contribution < 1.29 is 10.2 Å². The maximum atomic E-state index is 9.78. The minimum atomic E-state index is -0.503. The van der Waals surface area contributed by atoms with Crippen LogP contribution >= 0.6 is 0 Å². The molecule has 6 nitrogen and oxygen atoms in total. The van der Waals surface area contributed by atoms with Crippen molar-refractivity contribution in [3.8, 4) is 0 Å². The van der Waals surface area contributed by atoms with Crippen LogP contribution in [0.2, 0.25) is 5.82 Å². The molecule has 1 saturated carbocycles. The number of fused-ring (bicyclic) bond motifs is 1. The number of rotatable bonds is 1. The van der Waals surface area contributed by atoms with Crippen molar-refractivity contribution in [2.45, 2.75) is 23.9 Å². The first kappa shape index (κ1) is 8.93. The van der Waals surface area contributed by atoms with Gasteiger partial charge in [0.15, 0.2) is 5.65 Å². The van der Waals surface area contributed by atoms with E-state index in [0.29, 0.717) is 0 Å². The lowest BCUT2D eigenvalue weighted by molar-refractivity contribution is -0.0501. The fourth-order valence-corrected chi connectivity index (χ4v) is 2.25. The average molecular weight is 206 g/mol. The van der Waals surface area contributed by atoms with Gasteiger partial charge in [-0.3, -0.25) is 5.10 Å². The van der Waals surface area contributed by atoms with Crippen molar-refractivity contribution in [3.05, 3.63) is 18.1 Å². The molecule has 0 spiro atoms. The fourth-order valence-electron chi connectivity index (χ4n) is 2.25. The molecule has 2 atom stereocenters. The molecule has 0 radical (unpaired) electrons. The molecule has 3 rings (SSSR count). The second-order valence-corrected chi connectivity index (χ2v) is 4.12. The number of aromatic nitrogens is 4. The third-order valence-electron chi connectivity index (χ3n) is 3.33. The maximum absolute atomic E-state index is 9.78. The number of aliphatic hydroxyl groups excluding tert-OH is 2. The first-order valence-electron chi connectivity index (χ1n) is 4.93. The molecule has 0 saturated heterocycles. The fraction of sp³-hybridized carbons (Fsp3) is 0.500. The lowest BCUT2D eigenvalue weighted by Crippen LogP contribution is -2.49. The van der Waals surface area contributed by atoms with Gasteiger partial charge in [-0.2, -0.15) is 10.2 Å². The monoisotopic (exact) mass is 206 g/mol. The average Bonchev–Trinajstić information content (AvgIpc) is 2.82. The van der Waals surface area contributed by atoms with Crippen LogP contribution in [0.25, 0.3) is 5.65 Å². The van der Waals surface area contributed by atoms with E-state index in [1.807, 2.05) is 7.85 Å². The number of hydrogen-bond acceptors (Lipinski definition) is 4. The van der Waals surface area contributed by atoms with Crippen LogP contribution in [0.15, 0.2) is 12.5 Å². The Balaban J connectivity index is 2.05. The third-order valence-corrected chi connectivity index (χ3v) is 3.33. The van der Waals surface area contributed by atoms with E-state index < -0.39 is 12.2 Å². The van der Waals surface area contributed by atoms with E-state index in [1.54, 1.807) is 17.0 Å². The molecule has 2 aromatic heterocycles. The summed E-state index contributed by atoms with van der Waals surface area (Å²) in [5, 5.41) is 30.3. The molecule has 1 aliphatic carbocycles. The molecule has 2 aromatic rings. The summed E-state index contributed by atoms with van der Waals surface area (Å²) >= 11 is 0. The smallest absolute Gasteiger partial charge is 0.154 e. The second kappa shape index (κ2) is 2.83. The third kappa shape index (κ3) is 1.02. The Morgan fingerprint density at radius 2 is 2.13 bits per heavy atom. The molecule has 0 aromatic carbocycles. The summed E-state index contributed by atoms with van der Waals surface area (Å²) in [4.78, 5) is 0. The Kier molecular flexibility index (Phi) is 1.69. The minimum absolute atomic E-state index is 0.0760. The number of aromatic amines is 1. The SMILES string of the molecule is BC1C(O)C(c2cnn3cn[nH]c23)C1O. The lowest BCUT2D eigenvalue weighted by atomic mass is 9.57. The molecule has 15 heavy (non-hydrogen) atoms. The van der Waals surface area contributed by atoms with E-state index in [9.17, 15) is 10.2 Å². The highest BCUT2D eigenvalue weighted by Crippen LogP contribution is 2.45. The van der Waals surface area contributed by atoms with Gasteiger partial charge >= 0.3 is 0 Å². The summed E-state index contributed by atoms with van der Waals surface area (Å²) in [6.07, 6.45) is 2.21. The topological polar surface area (TPSA) is 86.4 Å². The molecule has 78 valence electrons. The van der Waals surface area contributed by atoms with Crippen molar-refractivity contribution in [2.75, 3.05) is 0 Å². The van der Waals surface area contributed by atoms with Gasteiger partial charge in [0.05, 0.1) is 18.4 Å². The standard InChI is InChI=1S/C8H11BN4O2/c9-5-6(14)4(7(5)15)3-1-11-13-2-10-12-8(3)13/h1-2,4-7,12,14-15H,9H2. The molecule has 0 aliphatic heterocycles. The Labute approximate surface area is 86.3 Å². The van der Waals surface area contributed by atoms with Crippen molar-refractivity contribution in [1.29, 1.82) is 0 Å². The van der Waals surface area contributed by atoms with Crippen LogP contribution in [0.3, 0.4) is 0 Å². The summed E-state index contributed by atoms with van der Waals surface area (Å²) in [6, 6.07) is 0. The number of H-pyrrole nitrogens is 1. The molecule has 1 fully saturated rings. The van der Waals surface area contributed by atoms with Gasteiger partial charge in [0.2, 0.25) is 0 Å². The zero-order valence-electron chi connectivity index (χ0n) is 8.20. The minimum Gasteiger partial charge on any atom is -0.393 e. The molecular weight excluding hydrogens is 195 g/mol. The second-order valence-electron chi connectivity index (χ2n) is 4.12. The highest BCUT2D eigenvalue weighted by Gasteiger charge is 2.47. The van der Waals surface area contributed by atoms with Gasteiger partial charge in [0.25, 0.3) is 0 Å². The Bertz CT molecular complexity index is 486. The molecule has 7 heteroatoms. The van der Waals surface area contributed by atoms with Crippen molar-refractivity contribution in [1.82, 2.24) is 19.8 Å². The quantitative estimate of drug-likeness (QED) is 0.485. The normalized spacial score (nSPS) is 35.6. The Morgan fingerprint density at radius 3 is 2.87 bits per heavy atom. The Hall–Kier alpha value is -1.34. The van der Waals surface area contributed by atoms with Crippen molar-refractivity contribution in [2.24, 2.45) is 0 Å². The van der Waals surface area contributed by atoms with E-state index in [4.69, 9.17) is 0 Å². The zero-order valence-corrected chi connectivity index (χ0v) is 8.20. The van der Waals surface area contributed by atoms with Gasteiger partial charge in [-0.1, -0.05) is 0 Å². The maximum Gasteiger partial charge on any atom is 0.154 e. The lowest BCUT2D eigenvalue weighted by Gasteiger charge is -2.44. The zero-order chi connectivity index (χ0) is 10.6. The van der Waals surface area contributed by atoms with E-state index in [1.165, 1.54) is 0 Å². The molecule has 0 amide bonds. The molecule has 0 bridgehead atoms. The van der Waals surface area contributed by atoms with Crippen LogP contribution in [0.4, 0.5) is 0 Å². The van der Waals surface area contributed by atoms with E-state index in [-0.39, 0.29) is 11.7 Å². The van der Waals surface area contributed by atoms with Crippen molar-refractivity contribution >= 4 is 13.5 Å². The van der Waals surface area contributed by atoms with E-state index in [0.717, 1.165) is 11.2 Å². The van der Waals surface area contributed by atoms with Gasteiger partial charge in [-0.25, -0.2) is 4.52 Å². The van der Waals surface area contributed by atoms with Crippen LogP contribution in [-0.4, -0.2) is 50.1 Å². The van der Waals surface area contributed by atoms with Gasteiger partial charge < -0.3 is 10.2 Å². The highest BCUT2D eigenvalue weighted by atomic mass is 16.3. The molecule has 2 unspecified atom stereocenters. The van der Waals surface area contributed by atoms with Crippen LogP contribution in [-0.2, 0) is 0 Å². The predicted molar refractivity (Wildman–Crippen MR) is 54.4 cm³/mol. The number of nitrogens with zero attached hydrogens (tertiary/aromatic N) is 3. The van der Waals surface area contributed by atoms with E-state index in [2.05, 4.69) is 15.3 Å². The summed E-state index contributed by atoms with van der Waals surface area (Å²) < 4.78 is 1.60. The van der Waals surface area contributed by atoms with Gasteiger partial charge in [-0.05, 0) is 5.82 Å². The van der Waals surface area contributed by atoms with Gasteiger partial charge in [0.1, 0.15) is 14.2 Å². The van der Waals surface area contributed by atoms with Crippen LogP contribution in [0, 0.1) is 0 Å². The predicted octanol–water partition coefficient (Wildman–Crippen LogP) is -1.70.